The van der Waals surface area contributed by atoms with Gasteiger partial charge in [-0.1, -0.05) is 35.0 Å². The van der Waals surface area contributed by atoms with Crippen LogP contribution in [0.2, 0.25) is 0 Å². The fourth-order valence-electron chi connectivity index (χ4n) is 2.27. The van der Waals surface area contributed by atoms with Crippen LogP contribution in [0.1, 0.15) is 30.5 Å². The molecule has 2 nitrogen and oxygen atoms in total. The third kappa shape index (κ3) is 4.83. The van der Waals surface area contributed by atoms with E-state index < -0.39 is 0 Å². The summed E-state index contributed by atoms with van der Waals surface area (Å²) in [6.07, 6.45) is 1.76. The van der Waals surface area contributed by atoms with Crippen molar-refractivity contribution in [2.45, 2.75) is 25.8 Å². The summed E-state index contributed by atoms with van der Waals surface area (Å²) in [4.78, 5) is 0. The van der Waals surface area contributed by atoms with Crippen LogP contribution in [-0.2, 0) is 6.42 Å². The van der Waals surface area contributed by atoms with E-state index in [1.54, 1.807) is 18.2 Å². The van der Waals surface area contributed by atoms with Crippen molar-refractivity contribution in [3.05, 3.63) is 63.9 Å². The number of halogens is 2. The zero-order valence-electron chi connectivity index (χ0n) is 11.9. The molecular formula is C17H19BrFNO. The summed E-state index contributed by atoms with van der Waals surface area (Å²) in [5.41, 5.74) is 2.02. The van der Waals surface area contributed by atoms with Crippen LogP contribution < -0.4 is 5.32 Å². The van der Waals surface area contributed by atoms with Crippen molar-refractivity contribution >= 4 is 15.9 Å². The van der Waals surface area contributed by atoms with Gasteiger partial charge in [0.2, 0.25) is 0 Å². The van der Waals surface area contributed by atoms with Crippen LogP contribution in [0.5, 0.6) is 5.75 Å². The molecule has 4 heteroatoms. The molecule has 2 aromatic carbocycles. The second-order valence-corrected chi connectivity index (χ2v) is 6.00. The standard InChI is InChI=1S/C17H19BrFNO/c1-2-7-20-17(8-12-3-5-16(21)6-4-12)13-9-14(18)11-15(19)10-13/h3-6,9-11,17,20-21H,2,7-8H2,1H3. The van der Waals surface area contributed by atoms with E-state index in [1.165, 1.54) is 6.07 Å². The molecule has 1 unspecified atom stereocenters. The normalized spacial score (nSPS) is 12.3. The Labute approximate surface area is 133 Å². The molecule has 0 saturated carbocycles. The SMILES string of the molecule is CCCNC(Cc1ccc(O)cc1)c1cc(F)cc(Br)c1. The molecule has 0 aliphatic carbocycles. The van der Waals surface area contributed by atoms with Gasteiger partial charge in [-0.2, -0.15) is 0 Å². The quantitative estimate of drug-likeness (QED) is 0.798. The van der Waals surface area contributed by atoms with Gasteiger partial charge in [0.1, 0.15) is 11.6 Å². The van der Waals surface area contributed by atoms with E-state index in [0.29, 0.717) is 0 Å². The molecule has 0 fully saturated rings. The van der Waals surface area contributed by atoms with Crippen molar-refractivity contribution in [1.29, 1.82) is 0 Å². The molecule has 2 rings (SSSR count). The van der Waals surface area contributed by atoms with E-state index >= 15 is 0 Å². The van der Waals surface area contributed by atoms with E-state index in [2.05, 4.69) is 28.2 Å². The van der Waals surface area contributed by atoms with Crippen molar-refractivity contribution < 1.29 is 9.50 Å². The van der Waals surface area contributed by atoms with Crippen molar-refractivity contribution in [3.63, 3.8) is 0 Å². The Morgan fingerprint density at radius 1 is 1.19 bits per heavy atom. The van der Waals surface area contributed by atoms with E-state index in [9.17, 15) is 9.50 Å². The summed E-state index contributed by atoms with van der Waals surface area (Å²) in [7, 11) is 0. The molecule has 0 saturated heterocycles. The Kier molecular flexibility index (Phi) is 5.76. The van der Waals surface area contributed by atoms with Gasteiger partial charge < -0.3 is 10.4 Å². The molecule has 0 aliphatic heterocycles. The number of benzene rings is 2. The Bertz CT molecular complexity index is 566. The van der Waals surface area contributed by atoms with Gasteiger partial charge in [-0.15, -0.1) is 0 Å². The minimum Gasteiger partial charge on any atom is -0.508 e. The maximum Gasteiger partial charge on any atom is 0.124 e. The Balaban J connectivity index is 2.22. The van der Waals surface area contributed by atoms with E-state index in [4.69, 9.17) is 0 Å². The predicted molar refractivity (Wildman–Crippen MR) is 86.9 cm³/mol. The van der Waals surface area contributed by atoms with Gasteiger partial charge >= 0.3 is 0 Å². The van der Waals surface area contributed by atoms with Crippen molar-refractivity contribution in [1.82, 2.24) is 5.32 Å². The molecule has 0 aromatic heterocycles. The molecule has 2 aromatic rings. The average molecular weight is 352 g/mol. The molecule has 0 amide bonds. The van der Waals surface area contributed by atoms with Crippen LogP contribution in [-0.4, -0.2) is 11.7 Å². The largest absolute Gasteiger partial charge is 0.508 e. The fraction of sp³-hybridized carbons (Fsp3) is 0.294. The highest BCUT2D eigenvalue weighted by Gasteiger charge is 2.13. The number of hydrogen-bond donors (Lipinski definition) is 2. The number of nitrogens with one attached hydrogen (secondary N) is 1. The highest BCUT2D eigenvalue weighted by atomic mass is 79.9. The monoisotopic (exact) mass is 351 g/mol. The maximum absolute atomic E-state index is 13.6. The first-order valence-electron chi connectivity index (χ1n) is 7.05. The van der Waals surface area contributed by atoms with Gasteiger partial charge in [-0.05, 0) is 60.8 Å². The minimum atomic E-state index is -0.242. The molecule has 0 radical (unpaired) electrons. The van der Waals surface area contributed by atoms with Crippen molar-refractivity contribution in [2.75, 3.05) is 6.54 Å². The summed E-state index contributed by atoms with van der Waals surface area (Å²) < 4.78 is 14.4. The first kappa shape index (κ1) is 16.0. The zero-order chi connectivity index (χ0) is 15.2. The molecule has 0 spiro atoms. The summed E-state index contributed by atoms with van der Waals surface area (Å²) in [5.74, 6) is 0.0127. The molecule has 0 heterocycles. The molecule has 0 aliphatic rings. The summed E-state index contributed by atoms with van der Waals surface area (Å²) in [6.45, 7) is 2.98. The highest BCUT2D eigenvalue weighted by Crippen LogP contribution is 2.24. The summed E-state index contributed by atoms with van der Waals surface area (Å²) >= 11 is 3.34. The second kappa shape index (κ2) is 7.57. The number of hydrogen-bond acceptors (Lipinski definition) is 2. The molecule has 0 bridgehead atoms. The highest BCUT2D eigenvalue weighted by molar-refractivity contribution is 9.10. The summed E-state index contributed by atoms with van der Waals surface area (Å²) in [6, 6.07) is 12.1. The van der Waals surface area contributed by atoms with Crippen LogP contribution in [0.25, 0.3) is 0 Å². The van der Waals surface area contributed by atoms with E-state index in [0.717, 1.165) is 35.0 Å². The number of rotatable bonds is 6. The van der Waals surface area contributed by atoms with Crippen LogP contribution in [0, 0.1) is 5.82 Å². The Morgan fingerprint density at radius 2 is 1.90 bits per heavy atom. The second-order valence-electron chi connectivity index (χ2n) is 5.08. The van der Waals surface area contributed by atoms with Crippen LogP contribution in [0.15, 0.2) is 46.9 Å². The summed E-state index contributed by atoms with van der Waals surface area (Å²) in [5, 5.41) is 12.8. The third-order valence-corrected chi connectivity index (χ3v) is 3.76. The number of phenols is 1. The van der Waals surface area contributed by atoms with Gasteiger partial charge in [0.15, 0.2) is 0 Å². The molecule has 112 valence electrons. The van der Waals surface area contributed by atoms with Crippen LogP contribution in [0.4, 0.5) is 4.39 Å². The topological polar surface area (TPSA) is 32.3 Å². The lowest BCUT2D eigenvalue weighted by molar-refractivity contribution is 0.474. The molecule has 2 N–H and O–H groups in total. The molecule has 21 heavy (non-hydrogen) atoms. The maximum atomic E-state index is 13.6. The van der Waals surface area contributed by atoms with E-state index in [-0.39, 0.29) is 17.6 Å². The molecule has 1 atom stereocenters. The van der Waals surface area contributed by atoms with Gasteiger partial charge in [-0.3, -0.25) is 0 Å². The first-order valence-corrected chi connectivity index (χ1v) is 7.85. The van der Waals surface area contributed by atoms with Crippen molar-refractivity contribution in [3.8, 4) is 5.75 Å². The number of aromatic hydroxyl groups is 1. The predicted octanol–water partition coefficient (Wildman–Crippen LogP) is 4.58. The lowest BCUT2D eigenvalue weighted by Crippen LogP contribution is -2.24. The fourth-order valence-corrected chi connectivity index (χ4v) is 2.75. The van der Waals surface area contributed by atoms with Crippen LogP contribution >= 0.6 is 15.9 Å². The molecular weight excluding hydrogens is 333 g/mol. The average Bonchev–Trinajstić information content (AvgIpc) is 2.44. The minimum absolute atomic E-state index is 0.0430. The van der Waals surface area contributed by atoms with Crippen molar-refractivity contribution in [2.24, 2.45) is 0 Å². The van der Waals surface area contributed by atoms with Crippen LogP contribution in [0.3, 0.4) is 0 Å². The van der Waals surface area contributed by atoms with Gasteiger partial charge in [0.05, 0.1) is 0 Å². The lowest BCUT2D eigenvalue weighted by Gasteiger charge is -2.20. The van der Waals surface area contributed by atoms with Gasteiger partial charge in [0.25, 0.3) is 0 Å². The van der Waals surface area contributed by atoms with Gasteiger partial charge in [-0.25, -0.2) is 4.39 Å². The first-order chi connectivity index (χ1) is 10.1. The van der Waals surface area contributed by atoms with Gasteiger partial charge in [0, 0.05) is 10.5 Å². The number of phenolic OH excluding ortho intramolecular Hbond substituents is 1. The van der Waals surface area contributed by atoms with E-state index in [1.807, 2.05) is 18.2 Å². The zero-order valence-corrected chi connectivity index (χ0v) is 13.5. The smallest absolute Gasteiger partial charge is 0.124 e. The lowest BCUT2D eigenvalue weighted by atomic mass is 9.98. The Hall–Kier alpha value is -1.39. The Morgan fingerprint density at radius 3 is 2.52 bits per heavy atom. The third-order valence-electron chi connectivity index (χ3n) is 3.30.